The molecule has 126 valence electrons. The van der Waals surface area contributed by atoms with Crippen LogP contribution >= 0.6 is 0 Å². The Morgan fingerprint density at radius 1 is 1.35 bits per heavy atom. The zero-order valence-electron chi connectivity index (χ0n) is 14.2. The number of nitrogens with one attached hydrogen (secondary N) is 1. The predicted octanol–water partition coefficient (Wildman–Crippen LogP) is 1.68. The maximum atomic E-state index is 12.9. The van der Waals surface area contributed by atoms with E-state index in [1.165, 1.54) is 0 Å². The summed E-state index contributed by atoms with van der Waals surface area (Å²) in [6.45, 7) is 3.09. The molecule has 0 radical (unpaired) electrons. The van der Waals surface area contributed by atoms with Crippen molar-refractivity contribution in [3.8, 4) is 0 Å². The molecule has 1 aliphatic rings. The van der Waals surface area contributed by atoms with Crippen molar-refractivity contribution < 1.29 is 14.3 Å². The van der Waals surface area contributed by atoms with Crippen LogP contribution in [0, 0.1) is 6.92 Å². The highest BCUT2D eigenvalue weighted by Gasteiger charge is 2.44. The molecule has 1 aliphatic heterocycles. The summed E-state index contributed by atoms with van der Waals surface area (Å²) in [5.74, 6) is 0.00962. The van der Waals surface area contributed by atoms with Gasteiger partial charge in [-0.25, -0.2) is 0 Å². The van der Waals surface area contributed by atoms with E-state index < -0.39 is 5.54 Å². The molecule has 0 saturated carbocycles. The van der Waals surface area contributed by atoms with Gasteiger partial charge in [-0.1, -0.05) is 24.3 Å². The van der Waals surface area contributed by atoms with E-state index in [4.69, 9.17) is 4.74 Å². The molecule has 1 aromatic rings. The molecule has 5 heteroatoms. The van der Waals surface area contributed by atoms with E-state index in [0.29, 0.717) is 19.6 Å². The van der Waals surface area contributed by atoms with E-state index in [9.17, 15) is 9.59 Å². The van der Waals surface area contributed by atoms with Crippen LogP contribution in [0.5, 0.6) is 0 Å². The van der Waals surface area contributed by atoms with E-state index in [-0.39, 0.29) is 18.2 Å². The van der Waals surface area contributed by atoms with Gasteiger partial charge in [-0.15, -0.1) is 0 Å². The van der Waals surface area contributed by atoms with Crippen LogP contribution in [-0.4, -0.2) is 49.6 Å². The smallest absolute Gasteiger partial charge is 0.227 e. The van der Waals surface area contributed by atoms with E-state index in [1.54, 1.807) is 14.2 Å². The molecule has 1 saturated heterocycles. The van der Waals surface area contributed by atoms with Gasteiger partial charge >= 0.3 is 0 Å². The van der Waals surface area contributed by atoms with Crippen LogP contribution < -0.4 is 5.32 Å². The average molecular weight is 318 g/mol. The van der Waals surface area contributed by atoms with E-state index in [2.05, 4.69) is 5.32 Å². The van der Waals surface area contributed by atoms with Crippen LogP contribution in [0.4, 0.5) is 0 Å². The van der Waals surface area contributed by atoms with Gasteiger partial charge in [0.15, 0.2) is 0 Å². The minimum Gasteiger partial charge on any atom is -0.382 e. The van der Waals surface area contributed by atoms with Crippen molar-refractivity contribution in [1.29, 1.82) is 0 Å². The summed E-state index contributed by atoms with van der Waals surface area (Å²) < 4.78 is 5.35. The number of rotatable bonds is 6. The van der Waals surface area contributed by atoms with Crippen molar-refractivity contribution in [3.05, 3.63) is 35.4 Å². The third-order valence-corrected chi connectivity index (χ3v) is 4.68. The Morgan fingerprint density at radius 2 is 2.09 bits per heavy atom. The number of amides is 2. The summed E-state index contributed by atoms with van der Waals surface area (Å²) >= 11 is 0. The molecule has 0 spiro atoms. The van der Waals surface area contributed by atoms with Gasteiger partial charge in [0.2, 0.25) is 11.8 Å². The molecular weight excluding hydrogens is 292 g/mol. The summed E-state index contributed by atoms with van der Waals surface area (Å²) in [7, 11) is 3.24. The predicted molar refractivity (Wildman–Crippen MR) is 89.1 cm³/mol. The molecule has 1 N–H and O–H groups in total. The Kier molecular flexibility index (Phi) is 5.77. The summed E-state index contributed by atoms with van der Waals surface area (Å²) in [6.07, 6.45) is 2.36. The lowest BCUT2D eigenvalue weighted by atomic mass is 9.91. The fourth-order valence-electron chi connectivity index (χ4n) is 3.44. The molecule has 2 amide bonds. The first kappa shape index (κ1) is 17.5. The molecule has 2 rings (SSSR count). The van der Waals surface area contributed by atoms with Crippen molar-refractivity contribution in [2.24, 2.45) is 0 Å². The lowest BCUT2D eigenvalue weighted by molar-refractivity contribution is -0.139. The van der Waals surface area contributed by atoms with Gasteiger partial charge in [-0.3, -0.25) is 9.59 Å². The van der Waals surface area contributed by atoms with Crippen LogP contribution in [0.2, 0.25) is 0 Å². The second-order valence-corrected chi connectivity index (χ2v) is 6.26. The highest BCUT2D eigenvalue weighted by atomic mass is 16.5. The first-order valence-corrected chi connectivity index (χ1v) is 8.07. The topological polar surface area (TPSA) is 58.6 Å². The lowest BCUT2D eigenvalue weighted by Crippen LogP contribution is -2.53. The number of carbonyl (C=O) groups is 2. The first-order chi connectivity index (χ1) is 11.0. The summed E-state index contributed by atoms with van der Waals surface area (Å²) in [4.78, 5) is 26.6. The number of hydrogen-bond acceptors (Lipinski definition) is 3. The quantitative estimate of drug-likeness (QED) is 0.868. The van der Waals surface area contributed by atoms with E-state index in [0.717, 1.165) is 24.0 Å². The standard InChI is InChI=1S/C18H26N2O3/c1-14-7-4-5-8-15(14)11-17(22)20-10-6-9-18(20,13-23-3)12-16(21)19-2/h4-5,7-8H,6,9-13H2,1-3H3,(H,19,21)/t18-/m0/s1. The average Bonchev–Trinajstić information content (AvgIpc) is 2.93. The number of methoxy groups -OCH3 is 1. The maximum absolute atomic E-state index is 12.9. The molecule has 0 bridgehead atoms. The molecule has 23 heavy (non-hydrogen) atoms. The summed E-state index contributed by atoms with van der Waals surface area (Å²) in [5, 5.41) is 2.66. The summed E-state index contributed by atoms with van der Waals surface area (Å²) in [5.41, 5.74) is 1.63. The summed E-state index contributed by atoms with van der Waals surface area (Å²) in [6, 6.07) is 7.92. The number of hydrogen-bond donors (Lipinski definition) is 1. The van der Waals surface area contributed by atoms with E-state index in [1.807, 2.05) is 36.1 Å². The second kappa shape index (κ2) is 7.59. The third kappa shape index (κ3) is 3.91. The molecule has 1 fully saturated rings. The molecule has 0 aromatic heterocycles. The Labute approximate surface area is 138 Å². The molecule has 1 aromatic carbocycles. The van der Waals surface area contributed by atoms with Crippen molar-refractivity contribution in [1.82, 2.24) is 10.2 Å². The van der Waals surface area contributed by atoms with Gasteiger partial charge < -0.3 is 15.0 Å². The fraction of sp³-hybridized carbons (Fsp3) is 0.556. The Bertz CT molecular complexity index is 573. The van der Waals surface area contributed by atoms with Gasteiger partial charge in [0.05, 0.1) is 25.0 Å². The zero-order valence-corrected chi connectivity index (χ0v) is 14.2. The number of aryl methyl sites for hydroxylation is 1. The van der Waals surface area contributed by atoms with Crippen molar-refractivity contribution in [2.45, 2.75) is 38.1 Å². The van der Waals surface area contributed by atoms with Crippen LogP contribution in [-0.2, 0) is 20.7 Å². The molecule has 1 atom stereocenters. The van der Waals surface area contributed by atoms with E-state index >= 15 is 0 Å². The number of benzene rings is 1. The highest BCUT2D eigenvalue weighted by molar-refractivity contribution is 5.82. The van der Waals surface area contributed by atoms with Gasteiger partial charge in [0.1, 0.15) is 0 Å². The molecule has 1 heterocycles. The normalized spacial score (nSPS) is 20.6. The Balaban J connectivity index is 2.19. The van der Waals surface area contributed by atoms with Crippen LogP contribution in [0.25, 0.3) is 0 Å². The fourth-order valence-corrected chi connectivity index (χ4v) is 3.44. The van der Waals surface area contributed by atoms with Crippen molar-refractivity contribution in [3.63, 3.8) is 0 Å². The Morgan fingerprint density at radius 3 is 2.74 bits per heavy atom. The minimum atomic E-state index is -0.519. The van der Waals surface area contributed by atoms with Crippen LogP contribution in [0.15, 0.2) is 24.3 Å². The van der Waals surface area contributed by atoms with Gasteiger partial charge in [0.25, 0.3) is 0 Å². The lowest BCUT2D eigenvalue weighted by Gasteiger charge is -2.37. The highest BCUT2D eigenvalue weighted by Crippen LogP contribution is 2.33. The van der Waals surface area contributed by atoms with Gasteiger partial charge in [-0.2, -0.15) is 0 Å². The molecule has 0 aliphatic carbocycles. The van der Waals surface area contributed by atoms with Crippen LogP contribution in [0.3, 0.4) is 0 Å². The number of carbonyl (C=O) groups excluding carboxylic acids is 2. The molecular formula is C18H26N2O3. The SMILES string of the molecule is CNC(=O)C[C@]1(COC)CCCN1C(=O)Cc1ccccc1C. The monoisotopic (exact) mass is 318 g/mol. The van der Waals surface area contributed by atoms with Crippen molar-refractivity contribution in [2.75, 3.05) is 27.3 Å². The Hall–Kier alpha value is -1.88. The number of likely N-dealkylation sites (tertiary alicyclic amines) is 1. The van der Waals surface area contributed by atoms with Crippen molar-refractivity contribution >= 4 is 11.8 Å². The van der Waals surface area contributed by atoms with Gasteiger partial charge in [0, 0.05) is 20.7 Å². The van der Waals surface area contributed by atoms with Crippen LogP contribution in [0.1, 0.15) is 30.4 Å². The minimum absolute atomic E-state index is 0.0577. The largest absolute Gasteiger partial charge is 0.382 e. The van der Waals surface area contributed by atoms with Gasteiger partial charge in [-0.05, 0) is 30.9 Å². The molecule has 0 unspecified atom stereocenters. The third-order valence-electron chi connectivity index (χ3n) is 4.68. The molecule has 5 nitrogen and oxygen atoms in total. The first-order valence-electron chi connectivity index (χ1n) is 8.07. The number of ether oxygens (including phenoxy) is 1. The maximum Gasteiger partial charge on any atom is 0.227 e. The number of nitrogens with zero attached hydrogens (tertiary/aromatic N) is 1. The zero-order chi connectivity index (χ0) is 16.9. The second-order valence-electron chi connectivity index (χ2n) is 6.26.